The van der Waals surface area contributed by atoms with Crippen LogP contribution in [0.5, 0.6) is 0 Å². The number of aliphatic hydroxyl groups excluding tert-OH is 1. The summed E-state index contributed by atoms with van der Waals surface area (Å²) in [5.41, 5.74) is 0. The van der Waals surface area contributed by atoms with Gasteiger partial charge in [-0.3, -0.25) is 0 Å². The van der Waals surface area contributed by atoms with Crippen LogP contribution in [0.25, 0.3) is 0 Å². The minimum absolute atomic E-state index is 0.135. The molecule has 0 aromatic heterocycles. The predicted octanol–water partition coefficient (Wildman–Crippen LogP) is 2.80. The average Bonchev–Trinajstić information content (AvgIpc) is 2.06. The molecule has 1 fully saturated rings. The number of hydrogen-bond acceptors (Lipinski definition) is 1. The third-order valence-corrected chi connectivity index (χ3v) is 2.52. The van der Waals surface area contributed by atoms with Crippen LogP contribution in [0, 0.1) is 5.92 Å². The zero-order valence-corrected chi connectivity index (χ0v) is 7.43. The molecule has 0 heterocycles. The van der Waals surface area contributed by atoms with E-state index in [9.17, 15) is 4.39 Å². The lowest BCUT2D eigenvalue weighted by Crippen LogP contribution is -2.06. The Bertz CT molecular complexity index is 148. The fourth-order valence-corrected chi connectivity index (χ4v) is 1.85. The van der Waals surface area contributed by atoms with Crippen LogP contribution in [0.15, 0.2) is 11.9 Å². The van der Waals surface area contributed by atoms with Gasteiger partial charge in [0.15, 0.2) is 0 Å². The summed E-state index contributed by atoms with van der Waals surface area (Å²) in [4.78, 5) is 0. The molecule has 1 nitrogen and oxygen atoms in total. The second-order valence-electron chi connectivity index (χ2n) is 3.54. The summed E-state index contributed by atoms with van der Waals surface area (Å²) in [6, 6.07) is 0. The van der Waals surface area contributed by atoms with Gasteiger partial charge < -0.3 is 5.11 Å². The lowest BCUT2D eigenvalue weighted by Gasteiger charge is -2.20. The molecule has 0 spiro atoms. The third-order valence-electron chi connectivity index (χ3n) is 2.52. The van der Waals surface area contributed by atoms with Gasteiger partial charge in [0.1, 0.15) is 0 Å². The molecular weight excluding hydrogens is 155 g/mol. The highest BCUT2D eigenvalue weighted by molar-refractivity contribution is 4.93. The van der Waals surface area contributed by atoms with Crippen LogP contribution >= 0.6 is 0 Å². The maximum absolute atomic E-state index is 12.9. The molecule has 0 bridgehead atoms. The highest BCUT2D eigenvalue weighted by Gasteiger charge is 2.14. The lowest BCUT2D eigenvalue weighted by atomic mass is 9.87. The molecule has 1 aliphatic carbocycles. The first-order valence-corrected chi connectivity index (χ1v) is 4.78. The summed E-state index contributed by atoms with van der Waals surface area (Å²) in [5.74, 6) is 0.394. The smallest absolute Gasteiger partial charge is 0.0985 e. The van der Waals surface area contributed by atoms with Gasteiger partial charge in [0, 0.05) is 6.42 Å². The Balaban J connectivity index is 2.24. The van der Waals surface area contributed by atoms with E-state index in [1.165, 1.54) is 25.3 Å². The summed E-state index contributed by atoms with van der Waals surface area (Å²) in [5, 5.41) is 8.45. The molecule has 0 amide bonds. The molecule has 1 saturated carbocycles. The summed E-state index contributed by atoms with van der Waals surface area (Å²) in [7, 11) is 0. The molecular formula is C10H17FO. The molecule has 2 heteroatoms. The van der Waals surface area contributed by atoms with Gasteiger partial charge in [0.25, 0.3) is 0 Å². The Hall–Kier alpha value is -0.370. The van der Waals surface area contributed by atoms with Gasteiger partial charge in [-0.1, -0.05) is 32.1 Å². The van der Waals surface area contributed by atoms with Gasteiger partial charge in [-0.15, -0.1) is 0 Å². The third kappa shape index (κ3) is 3.35. The van der Waals surface area contributed by atoms with E-state index in [0.717, 1.165) is 12.8 Å². The molecule has 0 atom stereocenters. The van der Waals surface area contributed by atoms with Crippen LogP contribution in [-0.4, -0.2) is 11.7 Å². The first-order valence-electron chi connectivity index (χ1n) is 4.78. The SMILES string of the molecule is OC/C=C(\F)CC1CCCCC1. The fraction of sp³-hybridized carbons (Fsp3) is 0.800. The standard InChI is InChI=1S/C10H17FO/c11-10(6-7-12)8-9-4-2-1-3-5-9/h6,9,12H,1-5,7-8H2/b10-6-. The molecule has 0 aromatic carbocycles. The highest BCUT2D eigenvalue weighted by Crippen LogP contribution is 2.28. The number of hydrogen-bond donors (Lipinski definition) is 1. The fourth-order valence-electron chi connectivity index (χ4n) is 1.85. The Morgan fingerprint density at radius 3 is 2.58 bits per heavy atom. The molecule has 1 rings (SSSR count). The summed E-state index contributed by atoms with van der Waals surface area (Å²) in [6.45, 7) is -0.168. The average molecular weight is 172 g/mol. The molecule has 1 N–H and O–H groups in total. The zero-order valence-electron chi connectivity index (χ0n) is 7.43. The monoisotopic (exact) mass is 172 g/mol. The van der Waals surface area contributed by atoms with E-state index in [2.05, 4.69) is 0 Å². The molecule has 0 aliphatic heterocycles. The molecule has 0 aromatic rings. The molecule has 12 heavy (non-hydrogen) atoms. The van der Waals surface area contributed by atoms with Crippen molar-refractivity contribution >= 4 is 0 Å². The summed E-state index contributed by atoms with van der Waals surface area (Å²) in [6.07, 6.45) is 7.94. The summed E-state index contributed by atoms with van der Waals surface area (Å²) >= 11 is 0. The van der Waals surface area contributed by atoms with Gasteiger partial charge >= 0.3 is 0 Å². The molecule has 0 saturated heterocycles. The first-order chi connectivity index (χ1) is 5.83. The van der Waals surface area contributed by atoms with Crippen LogP contribution in [0.1, 0.15) is 38.5 Å². The minimum atomic E-state index is -0.168. The van der Waals surface area contributed by atoms with E-state index in [4.69, 9.17) is 5.11 Å². The van der Waals surface area contributed by atoms with Gasteiger partial charge in [0.05, 0.1) is 12.4 Å². The van der Waals surface area contributed by atoms with Gasteiger partial charge in [-0.2, -0.15) is 0 Å². The van der Waals surface area contributed by atoms with Crippen molar-refractivity contribution in [3.05, 3.63) is 11.9 Å². The maximum Gasteiger partial charge on any atom is 0.0985 e. The van der Waals surface area contributed by atoms with Crippen molar-refractivity contribution < 1.29 is 9.50 Å². The number of rotatable bonds is 3. The molecule has 70 valence electrons. The number of halogens is 1. The van der Waals surface area contributed by atoms with Crippen LogP contribution in [0.4, 0.5) is 4.39 Å². The second kappa shape index (κ2) is 5.31. The van der Waals surface area contributed by atoms with Crippen LogP contribution in [0.2, 0.25) is 0 Å². The van der Waals surface area contributed by atoms with E-state index < -0.39 is 0 Å². The van der Waals surface area contributed by atoms with Crippen molar-refractivity contribution in [2.24, 2.45) is 5.92 Å². The predicted molar refractivity (Wildman–Crippen MR) is 47.5 cm³/mol. The largest absolute Gasteiger partial charge is 0.392 e. The normalized spacial score (nSPS) is 21.3. The lowest BCUT2D eigenvalue weighted by molar-refractivity contribution is 0.321. The van der Waals surface area contributed by atoms with E-state index in [0.29, 0.717) is 12.3 Å². The Labute approximate surface area is 73.3 Å². The van der Waals surface area contributed by atoms with Crippen molar-refractivity contribution in [3.63, 3.8) is 0 Å². The van der Waals surface area contributed by atoms with Crippen molar-refractivity contribution in [2.45, 2.75) is 38.5 Å². The highest BCUT2D eigenvalue weighted by atomic mass is 19.1. The number of allylic oxidation sites excluding steroid dienone is 1. The van der Waals surface area contributed by atoms with Crippen LogP contribution in [0.3, 0.4) is 0 Å². The molecule has 0 unspecified atom stereocenters. The maximum atomic E-state index is 12.9. The summed E-state index contributed by atoms with van der Waals surface area (Å²) < 4.78 is 12.9. The van der Waals surface area contributed by atoms with Crippen molar-refractivity contribution in [2.75, 3.05) is 6.61 Å². The van der Waals surface area contributed by atoms with Gasteiger partial charge in [-0.25, -0.2) is 4.39 Å². The Kier molecular flexibility index (Phi) is 4.30. The van der Waals surface area contributed by atoms with Gasteiger partial charge in [-0.05, 0) is 12.0 Å². The van der Waals surface area contributed by atoms with E-state index in [1.54, 1.807) is 0 Å². The molecule has 1 aliphatic rings. The van der Waals surface area contributed by atoms with Gasteiger partial charge in [0.2, 0.25) is 0 Å². The van der Waals surface area contributed by atoms with Crippen molar-refractivity contribution in [1.82, 2.24) is 0 Å². The second-order valence-corrected chi connectivity index (χ2v) is 3.54. The van der Waals surface area contributed by atoms with E-state index >= 15 is 0 Å². The van der Waals surface area contributed by atoms with E-state index in [1.807, 2.05) is 0 Å². The Morgan fingerprint density at radius 2 is 2.00 bits per heavy atom. The van der Waals surface area contributed by atoms with Crippen LogP contribution in [-0.2, 0) is 0 Å². The van der Waals surface area contributed by atoms with Crippen LogP contribution < -0.4 is 0 Å². The quantitative estimate of drug-likeness (QED) is 0.694. The zero-order chi connectivity index (χ0) is 8.81. The number of aliphatic hydroxyl groups is 1. The van der Waals surface area contributed by atoms with E-state index in [-0.39, 0.29) is 12.4 Å². The minimum Gasteiger partial charge on any atom is -0.392 e. The first kappa shape index (κ1) is 9.72. The van der Waals surface area contributed by atoms with Crippen molar-refractivity contribution in [1.29, 1.82) is 0 Å². The van der Waals surface area contributed by atoms with Crippen molar-refractivity contribution in [3.8, 4) is 0 Å². The Morgan fingerprint density at radius 1 is 1.33 bits per heavy atom. The topological polar surface area (TPSA) is 20.2 Å². The molecule has 0 radical (unpaired) electrons.